The Labute approximate surface area is 189 Å². The number of carbonyl (C=O) groups excluding carboxylic acids is 1. The fraction of sp³-hybridized carbons (Fsp3) is 0.292. The number of hydrogen-bond donors (Lipinski definition) is 1. The van der Waals surface area contributed by atoms with Crippen molar-refractivity contribution in [3.05, 3.63) is 63.5 Å². The molecule has 1 aliphatic rings. The topological polar surface area (TPSA) is 78.2 Å². The zero-order valence-corrected chi connectivity index (χ0v) is 18.6. The molecule has 0 bridgehead atoms. The van der Waals surface area contributed by atoms with Gasteiger partial charge in [-0.2, -0.15) is 9.78 Å². The first-order chi connectivity index (χ1) is 15.5. The number of ether oxygens (including phenoxy) is 1. The van der Waals surface area contributed by atoms with Gasteiger partial charge >= 0.3 is 0 Å². The highest BCUT2D eigenvalue weighted by molar-refractivity contribution is 6.32. The van der Waals surface area contributed by atoms with Gasteiger partial charge in [-0.1, -0.05) is 42.6 Å². The molecule has 1 saturated carbocycles. The minimum Gasteiger partial charge on any atom is -0.495 e. The lowest BCUT2D eigenvalue weighted by atomic mass is 10.1. The van der Waals surface area contributed by atoms with Crippen molar-refractivity contribution < 1.29 is 9.53 Å². The maximum Gasteiger partial charge on any atom is 0.296 e. The van der Waals surface area contributed by atoms with E-state index in [1.807, 2.05) is 35.9 Å². The lowest BCUT2D eigenvalue weighted by molar-refractivity contribution is 0.0933. The summed E-state index contributed by atoms with van der Waals surface area (Å²) in [5, 5.41) is 9.42. The van der Waals surface area contributed by atoms with E-state index in [1.54, 1.807) is 18.2 Å². The van der Waals surface area contributed by atoms with Crippen LogP contribution in [0.3, 0.4) is 0 Å². The highest BCUT2D eigenvalue weighted by atomic mass is 35.5. The summed E-state index contributed by atoms with van der Waals surface area (Å²) in [7, 11) is 3.36. The minimum atomic E-state index is -0.322. The maximum atomic E-state index is 13.6. The van der Waals surface area contributed by atoms with E-state index in [4.69, 9.17) is 16.3 Å². The van der Waals surface area contributed by atoms with Gasteiger partial charge in [0.15, 0.2) is 5.69 Å². The number of hydrogen-bond acceptors (Lipinski definition) is 4. The molecule has 1 N–H and O–H groups in total. The van der Waals surface area contributed by atoms with Gasteiger partial charge in [-0.3, -0.25) is 9.59 Å². The molecule has 2 heterocycles. The number of carbonyl (C=O) groups is 1. The highest BCUT2D eigenvalue weighted by Crippen LogP contribution is 2.30. The minimum absolute atomic E-state index is 0.130. The number of benzene rings is 2. The molecule has 1 fully saturated rings. The first kappa shape index (κ1) is 20.6. The van der Waals surface area contributed by atoms with Gasteiger partial charge in [0.25, 0.3) is 11.5 Å². The zero-order valence-electron chi connectivity index (χ0n) is 17.9. The molecule has 164 valence electrons. The monoisotopic (exact) mass is 450 g/mol. The molecule has 8 heteroatoms. The number of methoxy groups -OCH3 is 1. The Bertz CT molecular complexity index is 1420. The SMILES string of the molecule is COc1ccc(-n2nc(C(=O)NC3CCCC3)c3c4ccccc4n(C)c3c2=O)cc1Cl. The molecule has 0 saturated heterocycles. The smallest absolute Gasteiger partial charge is 0.296 e. The Kier molecular flexibility index (Phi) is 5.13. The molecule has 0 unspecified atom stereocenters. The van der Waals surface area contributed by atoms with Crippen LogP contribution >= 0.6 is 11.6 Å². The molecule has 4 aromatic rings. The molecular formula is C24H23ClN4O3. The van der Waals surface area contributed by atoms with Crippen LogP contribution in [0, 0.1) is 0 Å². The number of para-hydroxylation sites is 1. The third kappa shape index (κ3) is 3.24. The van der Waals surface area contributed by atoms with Crippen molar-refractivity contribution >= 4 is 39.3 Å². The maximum absolute atomic E-state index is 13.6. The Hall–Kier alpha value is -3.32. The number of halogens is 1. The number of fused-ring (bicyclic) bond motifs is 3. The molecule has 7 nitrogen and oxygen atoms in total. The summed E-state index contributed by atoms with van der Waals surface area (Å²) >= 11 is 6.31. The van der Waals surface area contributed by atoms with Crippen molar-refractivity contribution in [2.24, 2.45) is 7.05 Å². The highest BCUT2D eigenvalue weighted by Gasteiger charge is 2.26. The van der Waals surface area contributed by atoms with E-state index in [-0.39, 0.29) is 23.2 Å². The summed E-state index contributed by atoms with van der Waals surface area (Å²) in [5.41, 5.74) is 1.65. The van der Waals surface area contributed by atoms with Crippen LogP contribution in [0.5, 0.6) is 5.75 Å². The van der Waals surface area contributed by atoms with Gasteiger partial charge < -0.3 is 14.6 Å². The molecule has 1 amide bonds. The van der Waals surface area contributed by atoms with Gasteiger partial charge in [-0.05, 0) is 37.1 Å². The lowest BCUT2D eigenvalue weighted by Crippen LogP contribution is -2.35. The van der Waals surface area contributed by atoms with E-state index >= 15 is 0 Å². The van der Waals surface area contributed by atoms with Crippen LogP contribution in [0.2, 0.25) is 5.02 Å². The summed E-state index contributed by atoms with van der Waals surface area (Å²) in [6, 6.07) is 12.8. The van der Waals surface area contributed by atoms with Gasteiger partial charge in [0.1, 0.15) is 11.3 Å². The second-order valence-corrected chi connectivity index (χ2v) is 8.55. The Morgan fingerprint density at radius 1 is 1.19 bits per heavy atom. The molecule has 2 aromatic carbocycles. The molecule has 5 rings (SSSR count). The number of nitrogens with one attached hydrogen (secondary N) is 1. The fourth-order valence-corrected chi connectivity index (χ4v) is 4.88. The van der Waals surface area contributed by atoms with Crippen molar-refractivity contribution in [2.45, 2.75) is 31.7 Å². The summed E-state index contributed by atoms with van der Waals surface area (Å²) < 4.78 is 8.29. The van der Waals surface area contributed by atoms with Crippen LogP contribution in [0.15, 0.2) is 47.3 Å². The van der Waals surface area contributed by atoms with Gasteiger partial charge in [0.05, 0.1) is 17.8 Å². The van der Waals surface area contributed by atoms with Crippen LogP contribution in [0.4, 0.5) is 0 Å². The summed E-state index contributed by atoms with van der Waals surface area (Å²) in [6.07, 6.45) is 4.12. The normalized spacial score (nSPS) is 14.3. The largest absolute Gasteiger partial charge is 0.495 e. The number of rotatable bonds is 4. The van der Waals surface area contributed by atoms with Crippen LogP contribution in [0.1, 0.15) is 36.2 Å². The number of amides is 1. The van der Waals surface area contributed by atoms with E-state index in [0.717, 1.165) is 36.6 Å². The molecule has 0 atom stereocenters. The van der Waals surface area contributed by atoms with Crippen LogP contribution in [-0.4, -0.2) is 33.4 Å². The molecule has 0 radical (unpaired) electrons. The first-order valence-corrected chi connectivity index (χ1v) is 11.0. The van der Waals surface area contributed by atoms with Gasteiger partial charge in [0, 0.05) is 29.4 Å². The third-order valence-electron chi connectivity index (χ3n) is 6.22. The third-order valence-corrected chi connectivity index (χ3v) is 6.52. The quantitative estimate of drug-likeness (QED) is 0.505. The van der Waals surface area contributed by atoms with Gasteiger partial charge in [-0.15, -0.1) is 0 Å². The average Bonchev–Trinajstić information content (AvgIpc) is 3.41. The lowest BCUT2D eigenvalue weighted by Gasteiger charge is -2.14. The van der Waals surface area contributed by atoms with Crippen molar-refractivity contribution in [1.29, 1.82) is 0 Å². The molecule has 2 aromatic heterocycles. The molecule has 32 heavy (non-hydrogen) atoms. The van der Waals surface area contributed by atoms with E-state index in [2.05, 4.69) is 10.4 Å². The van der Waals surface area contributed by atoms with Crippen molar-refractivity contribution in [2.75, 3.05) is 7.11 Å². The molecular weight excluding hydrogens is 428 g/mol. The first-order valence-electron chi connectivity index (χ1n) is 10.6. The van der Waals surface area contributed by atoms with Crippen molar-refractivity contribution in [3.8, 4) is 11.4 Å². The van der Waals surface area contributed by atoms with Gasteiger partial charge in [0.2, 0.25) is 0 Å². The predicted octanol–water partition coefficient (Wildman–Crippen LogP) is 4.21. The molecule has 0 aliphatic heterocycles. The van der Waals surface area contributed by atoms with E-state index in [9.17, 15) is 9.59 Å². The van der Waals surface area contributed by atoms with Crippen molar-refractivity contribution in [3.63, 3.8) is 0 Å². The summed E-state index contributed by atoms with van der Waals surface area (Å²) in [5.74, 6) is 0.222. The Balaban J connectivity index is 1.79. The molecule has 1 aliphatic carbocycles. The summed E-state index contributed by atoms with van der Waals surface area (Å²) in [6.45, 7) is 0. The van der Waals surface area contributed by atoms with Crippen LogP contribution in [-0.2, 0) is 7.05 Å². The van der Waals surface area contributed by atoms with E-state index in [0.29, 0.717) is 27.4 Å². The number of aryl methyl sites for hydroxylation is 1. The Morgan fingerprint density at radius 3 is 2.66 bits per heavy atom. The number of nitrogens with zero attached hydrogens (tertiary/aromatic N) is 3. The van der Waals surface area contributed by atoms with Crippen LogP contribution < -0.4 is 15.6 Å². The van der Waals surface area contributed by atoms with E-state index in [1.165, 1.54) is 11.8 Å². The van der Waals surface area contributed by atoms with E-state index < -0.39 is 0 Å². The zero-order chi connectivity index (χ0) is 22.4. The van der Waals surface area contributed by atoms with Crippen LogP contribution in [0.25, 0.3) is 27.5 Å². The Morgan fingerprint density at radius 2 is 1.94 bits per heavy atom. The average molecular weight is 451 g/mol. The second kappa shape index (κ2) is 7.98. The number of aromatic nitrogens is 3. The fourth-order valence-electron chi connectivity index (χ4n) is 4.62. The second-order valence-electron chi connectivity index (χ2n) is 8.14. The van der Waals surface area contributed by atoms with Crippen molar-refractivity contribution in [1.82, 2.24) is 19.7 Å². The predicted molar refractivity (Wildman–Crippen MR) is 125 cm³/mol. The standard InChI is InChI=1S/C24H23ClN4O3/c1-28-18-10-6-5-9-16(18)20-21(23(30)26-14-7-3-4-8-14)27-29(24(31)22(20)28)15-11-12-19(32-2)17(25)13-15/h5-6,9-14H,3-4,7-8H2,1-2H3,(H,26,30). The summed E-state index contributed by atoms with van der Waals surface area (Å²) in [4.78, 5) is 27.0. The van der Waals surface area contributed by atoms with Gasteiger partial charge in [-0.25, -0.2) is 0 Å². The molecule has 0 spiro atoms.